The van der Waals surface area contributed by atoms with Crippen LogP contribution in [0.1, 0.15) is 0 Å². The van der Waals surface area contributed by atoms with Gasteiger partial charge in [-0.25, -0.2) is 0 Å². The van der Waals surface area contributed by atoms with Crippen molar-refractivity contribution in [1.82, 2.24) is 0 Å². The fraction of sp³-hybridized carbons (Fsp3) is 0. The van der Waals surface area contributed by atoms with Crippen LogP contribution in [0.3, 0.4) is 0 Å². The van der Waals surface area contributed by atoms with Gasteiger partial charge < -0.3 is 0 Å². The molecule has 3 heteroatoms. The Morgan fingerprint density at radius 3 is 1.75 bits per heavy atom. The fourth-order valence-electron chi connectivity index (χ4n) is 0. The monoisotopic (exact) mass is 141 g/mol. The van der Waals surface area contributed by atoms with Crippen molar-refractivity contribution < 1.29 is 0 Å². The predicted molar refractivity (Wildman–Crippen MR) is 21.8 cm³/mol. The second-order valence-electron chi connectivity index (χ2n) is 0.0845. The molecule has 0 spiro atoms. The molecule has 24 valence electrons. The zero-order valence-corrected chi connectivity index (χ0v) is 4.14. The summed E-state index contributed by atoms with van der Waals surface area (Å²) in [5, 5.41) is 7.24. The first-order chi connectivity index (χ1) is 1.41. The molecule has 0 rings (SSSR count). The molecule has 0 aromatic heterocycles. The standard InChI is InChI=1S/CBrN.ClH/c2-1-3;/h;1H. The van der Waals surface area contributed by atoms with Crippen LogP contribution in [-0.2, 0) is 0 Å². The Labute approximate surface area is 39.2 Å². The summed E-state index contributed by atoms with van der Waals surface area (Å²) in [6, 6.07) is 0. The summed E-state index contributed by atoms with van der Waals surface area (Å²) < 4.78 is 0. The Morgan fingerprint density at radius 1 is 1.75 bits per heavy atom. The van der Waals surface area contributed by atoms with Gasteiger partial charge in [-0.05, 0) is 0 Å². The average Bonchev–Trinajstić information content (AvgIpc) is 0.918. The van der Waals surface area contributed by atoms with E-state index in [-0.39, 0.29) is 12.4 Å². The highest BCUT2D eigenvalue weighted by atomic mass is 79.9. The van der Waals surface area contributed by atoms with Crippen molar-refractivity contribution in [3.8, 4) is 4.98 Å². The molecule has 0 aromatic rings. The van der Waals surface area contributed by atoms with Gasteiger partial charge in [0, 0.05) is 15.9 Å². The molecule has 0 N–H and O–H groups in total. The molecule has 0 fully saturated rings. The second-order valence-corrected chi connectivity index (χ2v) is 0.439. The van der Waals surface area contributed by atoms with E-state index in [1.807, 2.05) is 0 Å². The van der Waals surface area contributed by atoms with Crippen LogP contribution in [0.5, 0.6) is 0 Å². The van der Waals surface area contributed by atoms with Gasteiger partial charge in [0.2, 0.25) is 0 Å². The summed E-state index contributed by atoms with van der Waals surface area (Å²) in [6.07, 6.45) is 0. The van der Waals surface area contributed by atoms with Crippen LogP contribution in [0.4, 0.5) is 0 Å². The maximum absolute atomic E-state index is 7.24. The van der Waals surface area contributed by atoms with Crippen LogP contribution in [0, 0.1) is 10.2 Å². The van der Waals surface area contributed by atoms with Crippen molar-refractivity contribution in [2.75, 3.05) is 0 Å². The van der Waals surface area contributed by atoms with Crippen molar-refractivity contribution in [2.45, 2.75) is 0 Å². The molecule has 4 heavy (non-hydrogen) atoms. The highest BCUT2D eigenvalue weighted by molar-refractivity contribution is 9.12. The zero-order valence-electron chi connectivity index (χ0n) is 1.73. The fourth-order valence-corrected chi connectivity index (χ4v) is 0. The molecule has 0 bridgehead atoms. The molecular weight excluding hydrogens is 141 g/mol. The van der Waals surface area contributed by atoms with Gasteiger partial charge in [0.25, 0.3) is 0 Å². The molecule has 0 aliphatic heterocycles. The number of halogens is 2. The Kier molecular flexibility index (Phi) is 23.2. The SMILES string of the molecule is Cl.N#CBr. The van der Waals surface area contributed by atoms with Gasteiger partial charge in [0.1, 0.15) is 4.98 Å². The smallest absolute Gasteiger partial charge is 0.142 e. The van der Waals surface area contributed by atoms with E-state index in [9.17, 15) is 0 Å². The van der Waals surface area contributed by atoms with Crippen molar-refractivity contribution >= 4 is 28.3 Å². The minimum Gasteiger partial charge on any atom is -0.185 e. The largest absolute Gasteiger partial charge is 0.185 e. The van der Waals surface area contributed by atoms with Crippen molar-refractivity contribution in [1.29, 1.82) is 5.26 Å². The lowest BCUT2D eigenvalue weighted by atomic mass is 11.8. The first-order valence-corrected chi connectivity index (χ1v) is 1.21. The first kappa shape index (κ1) is 8.86. The van der Waals surface area contributed by atoms with E-state index in [0.29, 0.717) is 0 Å². The highest BCUT2D eigenvalue weighted by Crippen LogP contribution is 1.58. The van der Waals surface area contributed by atoms with Gasteiger partial charge in [0.15, 0.2) is 0 Å². The molecule has 0 unspecified atom stereocenters. The Balaban J connectivity index is 0. The topological polar surface area (TPSA) is 23.8 Å². The summed E-state index contributed by atoms with van der Waals surface area (Å²) in [6.45, 7) is 0. The summed E-state index contributed by atoms with van der Waals surface area (Å²) in [5.74, 6) is 0. The maximum Gasteiger partial charge on any atom is 0.142 e. The third-order valence-corrected chi connectivity index (χ3v) is 0. The van der Waals surface area contributed by atoms with E-state index >= 15 is 0 Å². The normalized spacial score (nSPS) is 2.00. The molecule has 0 amide bonds. The maximum atomic E-state index is 7.24. The predicted octanol–water partition coefficient (Wildman–Crippen LogP) is 1.28. The number of hydrogen-bond acceptors (Lipinski definition) is 1. The van der Waals surface area contributed by atoms with Gasteiger partial charge in [0.05, 0.1) is 0 Å². The van der Waals surface area contributed by atoms with Crippen LogP contribution in [0.15, 0.2) is 0 Å². The van der Waals surface area contributed by atoms with Crippen LogP contribution in [0.2, 0.25) is 0 Å². The van der Waals surface area contributed by atoms with Crippen molar-refractivity contribution in [3.05, 3.63) is 0 Å². The van der Waals surface area contributed by atoms with Crippen LogP contribution < -0.4 is 0 Å². The van der Waals surface area contributed by atoms with E-state index in [1.54, 1.807) is 4.98 Å². The lowest BCUT2D eigenvalue weighted by Gasteiger charge is -1.10. The molecule has 1 nitrogen and oxygen atoms in total. The lowest BCUT2D eigenvalue weighted by molar-refractivity contribution is 1.57. The summed E-state index contributed by atoms with van der Waals surface area (Å²) in [5.41, 5.74) is 0. The zero-order chi connectivity index (χ0) is 2.71. The van der Waals surface area contributed by atoms with Crippen LogP contribution in [-0.4, -0.2) is 0 Å². The van der Waals surface area contributed by atoms with Crippen molar-refractivity contribution in [2.24, 2.45) is 0 Å². The number of nitriles is 1. The van der Waals surface area contributed by atoms with Crippen LogP contribution in [0.25, 0.3) is 0 Å². The molecule has 0 aliphatic rings. The van der Waals surface area contributed by atoms with Crippen LogP contribution >= 0.6 is 28.3 Å². The molecule has 0 saturated heterocycles. The van der Waals surface area contributed by atoms with E-state index < -0.39 is 0 Å². The Morgan fingerprint density at radius 2 is 1.75 bits per heavy atom. The molecule has 0 atom stereocenters. The van der Waals surface area contributed by atoms with Gasteiger partial charge in [-0.2, -0.15) is 5.26 Å². The second kappa shape index (κ2) is 10.5. The van der Waals surface area contributed by atoms with Gasteiger partial charge in [-0.1, -0.05) is 0 Å². The molecule has 0 saturated carbocycles. The minimum absolute atomic E-state index is 0. The van der Waals surface area contributed by atoms with Gasteiger partial charge >= 0.3 is 0 Å². The lowest BCUT2D eigenvalue weighted by Crippen LogP contribution is -0.920. The molecule has 0 aliphatic carbocycles. The highest BCUT2D eigenvalue weighted by Gasteiger charge is 1.22. The number of rotatable bonds is 0. The van der Waals surface area contributed by atoms with E-state index in [2.05, 4.69) is 15.9 Å². The van der Waals surface area contributed by atoms with Crippen molar-refractivity contribution in [3.63, 3.8) is 0 Å². The third kappa shape index (κ3) is 53.1. The molecular formula is CHBrClN. The summed E-state index contributed by atoms with van der Waals surface area (Å²) in [4.78, 5) is 1.56. The van der Waals surface area contributed by atoms with E-state index in [4.69, 9.17) is 5.26 Å². The average molecular weight is 142 g/mol. The quantitative estimate of drug-likeness (QED) is 0.500. The van der Waals surface area contributed by atoms with Gasteiger partial charge in [-0.15, -0.1) is 12.4 Å². The Bertz CT molecular complexity index is 29.5. The van der Waals surface area contributed by atoms with E-state index in [1.165, 1.54) is 0 Å². The van der Waals surface area contributed by atoms with Gasteiger partial charge in [-0.3, -0.25) is 0 Å². The molecule has 0 radical (unpaired) electrons. The summed E-state index contributed by atoms with van der Waals surface area (Å²) in [7, 11) is 0. The molecule has 0 heterocycles. The summed E-state index contributed by atoms with van der Waals surface area (Å²) >= 11 is 2.45. The first-order valence-electron chi connectivity index (χ1n) is 0.413. The minimum atomic E-state index is 0. The number of hydrogen-bond donors (Lipinski definition) is 0. The number of nitrogens with zero attached hydrogens (tertiary/aromatic N) is 1. The third-order valence-electron chi connectivity index (χ3n) is 0. The Hall–Kier alpha value is 0.260. The molecule has 0 aromatic carbocycles. The van der Waals surface area contributed by atoms with E-state index in [0.717, 1.165) is 0 Å².